The average molecular weight is 245 g/mol. The van der Waals surface area contributed by atoms with Gasteiger partial charge in [0.05, 0.1) is 5.56 Å². The summed E-state index contributed by atoms with van der Waals surface area (Å²) < 4.78 is 35.6. The molecular formula is C10H10F3N3O. The van der Waals surface area contributed by atoms with Crippen LogP contribution in [0.3, 0.4) is 0 Å². The minimum Gasteiger partial charge on any atom is -0.343 e. The van der Waals surface area contributed by atoms with Crippen molar-refractivity contribution in [2.45, 2.75) is 24.9 Å². The molecule has 1 aromatic rings. The number of aromatic nitrogens is 2. The van der Waals surface area contributed by atoms with Crippen molar-refractivity contribution in [3.8, 4) is 0 Å². The van der Waals surface area contributed by atoms with E-state index in [1.165, 1.54) is 12.4 Å². The largest absolute Gasteiger partial charge is 0.405 e. The highest BCUT2D eigenvalue weighted by molar-refractivity contribution is 5.93. The van der Waals surface area contributed by atoms with E-state index in [0.717, 1.165) is 12.8 Å². The first-order valence-corrected chi connectivity index (χ1v) is 5.12. The number of nitrogens with zero attached hydrogens (tertiary/aromatic N) is 2. The van der Waals surface area contributed by atoms with Crippen molar-refractivity contribution in [1.29, 1.82) is 0 Å². The maximum absolute atomic E-state index is 11.9. The van der Waals surface area contributed by atoms with Crippen LogP contribution in [-0.4, -0.2) is 28.6 Å². The van der Waals surface area contributed by atoms with Crippen LogP contribution in [0.2, 0.25) is 0 Å². The lowest BCUT2D eigenvalue weighted by Gasteiger charge is -2.07. The predicted octanol–water partition coefficient (Wildman–Crippen LogP) is 1.65. The van der Waals surface area contributed by atoms with Gasteiger partial charge in [-0.2, -0.15) is 13.2 Å². The lowest BCUT2D eigenvalue weighted by atomic mass is 10.3. The molecule has 1 fully saturated rings. The molecule has 7 heteroatoms. The first-order chi connectivity index (χ1) is 7.96. The molecule has 0 aliphatic heterocycles. The highest BCUT2D eigenvalue weighted by atomic mass is 19.4. The van der Waals surface area contributed by atoms with Crippen molar-refractivity contribution in [3.05, 3.63) is 23.8 Å². The summed E-state index contributed by atoms with van der Waals surface area (Å²) in [6, 6.07) is 0. The Kier molecular flexibility index (Phi) is 2.99. The number of carbonyl (C=O) groups excluding carboxylic acids is 1. The molecule has 1 aromatic heterocycles. The number of rotatable bonds is 3. The summed E-state index contributed by atoms with van der Waals surface area (Å²) in [5, 5.41) is 1.76. The van der Waals surface area contributed by atoms with Gasteiger partial charge in [-0.15, -0.1) is 0 Å². The highest BCUT2D eigenvalue weighted by Crippen LogP contribution is 2.37. The van der Waals surface area contributed by atoms with Crippen molar-refractivity contribution in [2.75, 3.05) is 6.54 Å². The molecule has 1 heterocycles. The zero-order valence-electron chi connectivity index (χ0n) is 8.79. The summed E-state index contributed by atoms with van der Waals surface area (Å²) >= 11 is 0. The van der Waals surface area contributed by atoms with Crippen LogP contribution >= 0.6 is 0 Å². The minimum absolute atomic E-state index is 0.0404. The van der Waals surface area contributed by atoms with Gasteiger partial charge in [0.1, 0.15) is 12.4 Å². The van der Waals surface area contributed by atoms with E-state index in [-0.39, 0.29) is 5.56 Å². The van der Waals surface area contributed by atoms with Crippen LogP contribution in [-0.2, 0) is 0 Å². The standard InChI is InChI=1S/C10H10F3N3O/c11-10(12,13)5-16-9(17)7-3-14-8(15-4-7)6-1-2-6/h3-4,6H,1-2,5H2,(H,16,17). The van der Waals surface area contributed by atoms with E-state index in [1.807, 2.05) is 0 Å². The Morgan fingerprint density at radius 2 is 1.94 bits per heavy atom. The first-order valence-electron chi connectivity index (χ1n) is 5.12. The number of alkyl halides is 3. The smallest absolute Gasteiger partial charge is 0.343 e. The Labute approximate surface area is 95.3 Å². The van der Waals surface area contributed by atoms with Crippen LogP contribution in [0, 0.1) is 0 Å². The van der Waals surface area contributed by atoms with Gasteiger partial charge in [-0.25, -0.2) is 9.97 Å². The highest BCUT2D eigenvalue weighted by Gasteiger charge is 2.29. The van der Waals surface area contributed by atoms with Gasteiger partial charge in [0.2, 0.25) is 0 Å². The van der Waals surface area contributed by atoms with E-state index in [9.17, 15) is 18.0 Å². The Hall–Kier alpha value is -1.66. The van der Waals surface area contributed by atoms with Crippen LogP contribution in [0.25, 0.3) is 0 Å². The molecule has 1 amide bonds. The number of halogens is 3. The first kappa shape index (κ1) is 11.8. The van der Waals surface area contributed by atoms with Crippen LogP contribution < -0.4 is 5.32 Å². The maximum atomic E-state index is 11.9. The van der Waals surface area contributed by atoms with Crippen molar-refractivity contribution < 1.29 is 18.0 Å². The third-order valence-electron chi connectivity index (χ3n) is 2.33. The monoisotopic (exact) mass is 245 g/mol. The van der Waals surface area contributed by atoms with E-state index in [1.54, 1.807) is 5.32 Å². The summed E-state index contributed by atoms with van der Waals surface area (Å²) in [6.45, 7) is -1.35. The molecule has 1 N–H and O–H groups in total. The fourth-order valence-corrected chi connectivity index (χ4v) is 1.29. The molecule has 17 heavy (non-hydrogen) atoms. The second kappa shape index (κ2) is 4.31. The van der Waals surface area contributed by atoms with E-state index in [4.69, 9.17) is 0 Å². The van der Waals surface area contributed by atoms with Gasteiger partial charge in [0, 0.05) is 18.3 Å². The van der Waals surface area contributed by atoms with Gasteiger partial charge in [-0.3, -0.25) is 4.79 Å². The Bertz CT molecular complexity index is 412. The molecule has 0 saturated heterocycles. The number of hydrogen-bond acceptors (Lipinski definition) is 3. The topological polar surface area (TPSA) is 54.9 Å². The Morgan fingerprint density at radius 3 is 2.41 bits per heavy atom. The average Bonchev–Trinajstić information content (AvgIpc) is 3.09. The lowest BCUT2D eigenvalue weighted by Crippen LogP contribution is -2.33. The van der Waals surface area contributed by atoms with Crippen LogP contribution in [0.5, 0.6) is 0 Å². The van der Waals surface area contributed by atoms with Crippen molar-refractivity contribution in [1.82, 2.24) is 15.3 Å². The van der Waals surface area contributed by atoms with Gasteiger partial charge in [-0.1, -0.05) is 0 Å². The third kappa shape index (κ3) is 3.40. The molecule has 0 radical (unpaired) electrons. The fourth-order valence-electron chi connectivity index (χ4n) is 1.29. The molecule has 0 spiro atoms. The summed E-state index contributed by atoms with van der Waals surface area (Å²) in [4.78, 5) is 19.2. The summed E-state index contributed by atoms with van der Waals surface area (Å²) in [5.74, 6) is 0.185. The van der Waals surface area contributed by atoms with Crippen LogP contribution in [0.4, 0.5) is 13.2 Å². The normalized spacial score (nSPS) is 15.7. The maximum Gasteiger partial charge on any atom is 0.405 e. The van der Waals surface area contributed by atoms with Gasteiger partial charge < -0.3 is 5.32 Å². The number of carbonyl (C=O) groups is 1. The lowest BCUT2D eigenvalue weighted by molar-refractivity contribution is -0.123. The number of hydrogen-bond donors (Lipinski definition) is 1. The second-order valence-corrected chi connectivity index (χ2v) is 3.90. The van der Waals surface area contributed by atoms with E-state index in [0.29, 0.717) is 11.7 Å². The number of amides is 1. The molecule has 1 saturated carbocycles. The van der Waals surface area contributed by atoms with Crippen LogP contribution in [0.15, 0.2) is 12.4 Å². The van der Waals surface area contributed by atoms with Crippen molar-refractivity contribution in [3.63, 3.8) is 0 Å². The third-order valence-corrected chi connectivity index (χ3v) is 2.33. The van der Waals surface area contributed by atoms with Gasteiger partial charge in [0.15, 0.2) is 0 Å². The molecule has 1 aliphatic carbocycles. The molecule has 2 rings (SSSR count). The van der Waals surface area contributed by atoms with Crippen molar-refractivity contribution >= 4 is 5.91 Å². The molecule has 0 unspecified atom stereocenters. The van der Waals surface area contributed by atoms with E-state index >= 15 is 0 Å². The zero-order valence-corrected chi connectivity index (χ0v) is 8.79. The molecular weight excluding hydrogens is 235 g/mol. The second-order valence-electron chi connectivity index (χ2n) is 3.90. The molecule has 1 aliphatic rings. The molecule has 0 atom stereocenters. The molecule has 4 nitrogen and oxygen atoms in total. The SMILES string of the molecule is O=C(NCC(F)(F)F)c1cnc(C2CC2)nc1. The quantitative estimate of drug-likeness (QED) is 0.880. The Balaban J connectivity index is 1.94. The summed E-state index contributed by atoms with van der Waals surface area (Å²) in [7, 11) is 0. The number of nitrogens with one attached hydrogen (secondary N) is 1. The minimum atomic E-state index is -4.41. The fraction of sp³-hybridized carbons (Fsp3) is 0.500. The molecule has 0 bridgehead atoms. The van der Waals surface area contributed by atoms with E-state index < -0.39 is 18.6 Å². The van der Waals surface area contributed by atoms with Gasteiger partial charge in [0.25, 0.3) is 5.91 Å². The van der Waals surface area contributed by atoms with Gasteiger partial charge in [-0.05, 0) is 12.8 Å². The zero-order chi connectivity index (χ0) is 12.5. The summed E-state index contributed by atoms with van der Waals surface area (Å²) in [5.41, 5.74) is 0.0404. The summed E-state index contributed by atoms with van der Waals surface area (Å²) in [6.07, 6.45) is 0.155. The Morgan fingerprint density at radius 1 is 1.35 bits per heavy atom. The van der Waals surface area contributed by atoms with E-state index in [2.05, 4.69) is 9.97 Å². The van der Waals surface area contributed by atoms with Crippen LogP contribution in [0.1, 0.15) is 34.9 Å². The van der Waals surface area contributed by atoms with Gasteiger partial charge >= 0.3 is 6.18 Å². The predicted molar refractivity (Wildman–Crippen MR) is 52.4 cm³/mol. The molecule has 0 aromatic carbocycles. The molecule has 92 valence electrons. The van der Waals surface area contributed by atoms with Crippen molar-refractivity contribution in [2.24, 2.45) is 0 Å².